The molecule has 7 heteroatoms. The molecule has 152 valence electrons. The molecule has 1 N–H and O–H groups in total. The molecule has 28 heavy (non-hydrogen) atoms. The van der Waals surface area contributed by atoms with Gasteiger partial charge in [-0.2, -0.15) is 0 Å². The Balaban J connectivity index is 0.000000202. The van der Waals surface area contributed by atoms with Crippen LogP contribution < -0.4 is 4.74 Å². The molecule has 1 aromatic heterocycles. The van der Waals surface area contributed by atoms with Crippen molar-refractivity contribution in [2.24, 2.45) is 0 Å². The number of amides is 1. The van der Waals surface area contributed by atoms with Gasteiger partial charge in [-0.05, 0) is 58.1 Å². The summed E-state index contributed by atoms with van der Waals surface area (Å²) in [6, 6.07) is 7.51. The summed E-state index contributed by atoms with van der Waals surface area (Å²) < 4.78 is 10.3. The number of rotatable bonds is 2. The number of hydrogen-bond acceptors (Lipinski definition) is 5. The number of aliphatic carboxylic acids is 1. The van der Waals surface area contributed by atoms with Crippen LogP contribution in [0.2, 0.25) is 0 Å². The molecule has 0 saturated carbocycles. The van der Waals surface area contributed by atoms with Gasteiger partial charge in [0.25, 0.3) is 0 Å². The molecule has 0 radical (unpaired) electrons. The van der Waals surface area contributed by atoms with Gasteiger partial charge in [-0.1, -0.05) is 17.7 Å². The number of methoxy groups -OCH3 is 1. The van der Waals surface area contributed by atoms with E-state index in [0.29, 0.717) is 18.8 Å². The first-order valence-corrected chi connectivity index (χ1v) is 9.24. The van der Waals surface area contributed by atoms with Crippen LogP contribution >= 0.6 is 0 Å². The molecule has 2 aromatic rings. The zero-order chi connectivity index (χ0) is 20.9. The van der Waals surface area contributed by atoms with Crippen LogP contribution in [-0.4, -0.2) is 52.4 Å². The number of ether oxygens (including phenoxy) is 2. The zero-order valence-electron chi connectivity index (χ0n) is 17.1. The lowest BCUT2D eigenvalue weighted by Gasteiger charge is -2.26. The number of carbonyl (C=O) groups excluding carboxylic acids is 1. The molecule has 3 rings (SSSR count). The van der Waals surface area contributed by atoms with Gasteiger partial charge in [-0.15, -0.1) is 0 Å². The van der Waals surface area contributed by atoms with Crippen LogP contribution in [0, 0.1) is 6.92 Å². The summed E-state index contributed by atoms with van der Waals surface area (Å²) in [6.07, 6.45) is 2.45. The minimum absolute atomic E-state index is 0.464. The Bertz CT molecular complexity index is 844. The number of aryl methyl sites for hydroxylation is 1. The van der Waals surface area contributed by atoms with E-state index in [4.69, 9.17) is 14.6 Å². The van der Waals surface area contributed by atoms with Gasteiger partial charge >= 0.3 is 12.1 Å². The first-order valence-electron chi connectivity index (χ1n) is 9.24. The third-order valence-corrected chi connectivity index (χ3v) is 4.24. The van der Waals surface area contributed by atoms with Crippen molar-refractivity contribution in [1.29, 1.82) is 0 Å². The number of carbonyl (C=O) groups is 2. The van der Waals surface area contributed by atoms with Crippen molar-refractivity contribution in [1.82, 2.24) is 9.88 Å². The number of likely N-dealkylation sites (tertiary alicyclic amines) is 1. The van der Waals surface area contributed by atoms with Crippen LogP contribution in [-0.2, 0) is 9.53 Å². The quantitative estimate of drug-likeness (QED) is 0.836. The van der Waals surface area contributed by atoms with Gasteiger partial charge in [0, 0.05) is 18.1 Å². The summed E-state index contributed by atoms with van der Waals surface area (Å²) in [4.78, 5) is 27.9. The molecule has 1 aromatic carbocycles. The third kappa shape index (κ3) is 5.58. The average molecular weight is 388 g/mol. The SMILES string of the molecule is CC(C)(C)OC(=O)N1CCC[C@H]1C(=O)O.COc1nccc2ccc(C)cc12. The van der Waals surface area contributed by atoms with Gasteiger partial charge in [-0.3, -0.25) is 4.90 Å². The van der Waals surface area contributed by atoms with Gasteiger partial charge in [0.15, 0.2) is 0 Å². The zero-order valence-corrected chi connectivity index (χ0v) is 17.1. The first kappa shape index (κ1) is 21.5. The third-order valence-electron chi connectivity index (χ3n) is 4.24. The Morgan fingerprint density at radius 2 is 1.96 bits per heavy atom. The standard InChI is InChI=1S/C11H11NO.C10H17NO4/c1-8-3-4-9-5-6-12-11(13-2)10(9)7-8;1-10(2,3)15-9(14)11-6-4-5-7(11)8(12)13/h3-7H,1-2H3;7H,4-6H2,1-3H3,(H,12,13)/t;7-/m.0/s1. The van der Waals surface area contributed by atoms with Crippen molar-refractivity contribution in [2.45, 2.75) is 52.2 Å². The van der Waals surface area contributed by atoms with Gasteiger partial charge in [0.05, 0.1) is 7.11 Å². The highest BCUT2D eigenvalue weighted by molar-refractivity contribution is 5.87. The summed E-state index contributed by atoms with van der Waals surface area (Å²) in [6.45, 7) is 7.81. The van der Waals surface area contributed by atoms with Crippen molar-refractivity contribution >= 4 is 22.8 Å². The Morgan fingerprint density at radius 1 is 1.25 bits per heavy atom. The van der Waals surface area contributed by atoms with Crippen LogP contribution in [0.5, 0.6) is 5.88 Å². The van der Waals surface area contributed by atoms with Crippen molar-refractivity contribution < 1.29 is 24.2 Å². The minimum Gasteiger partial charge on any atom is -0.481 e. The molecule has 1 fully saturated rings. The predicted molar refractivity (Wildman–Crippen MR) is 107 cm³/mol. The molecule has 1 saturated heterocycles. The molecule has 0 unspecified atom stereocenters. The highest BCUT2D eigenvalue weighted by Crippen LogP contribution is 2.23. The number of carboxylic acid groups (broad SMARTS) is 1. The molecular formula is C21H28N2O5. The molecule has 1 aliphatic rings. The van der Waals surface area contributed by atoms with Crippen molar-refractivity contribution in [3.05, 3.63) is 36.0 Å². The number of aromatic nitrogens is 1. The molecule has 0 bridgehead atoms. The van der Waals surface area contributed by atoms with Crippen LogP contribution in [0.25, 0.3) is 10.8 Å². The van der Waals surface area contributed by atoms with Gasteiger partial charge in [0.2, 0.25) is 5.88 Å². The van der Waals surface area contributed by atoms with Crippen LogP contribution in [0.1, 0.15) is 39.2 Å². The van der Waals surface area contributed by atoms with E-state index < -0.39 is 23.7 Å². The average Bonchev–Trinajstić information content (AvgIpc) is 3.10. The molecule has 0 aliphatic carbocycles. The van der Waals surface area contributed by atoms with Crippen molar-refractivity contribution in [2.75, 3.05) is 13.7 Å². The van der Waals surface area contributed by atoms with E-state index in [2.05, 4.69) is 30.1 Å². The Morgan fingerprint density at radius 3 is 2.57 bits per heavy atom. The minimum atomic E-state index is -0.960. The van der Waals surface area contributed by atoms with E-state index in [9.17, 15) is 9.59 Å². The topological polar surface area (TPSA) is 89.0 Å². The van der Waals surface area contributed by atoms with E-state index in [1.165, 1.54) is 10.5 Å². The smallest absolute Gasteiger partial charge is 0.411 e. The Hall–Kier alpha value is -2.83. The second-order valence-corrected chi connectivity index (χ2v) is 7.71. The summed E-state index contributed by atoms with van der Waals surface area (Å²) in [5, 5.41) is 11.1. The fraction of sp³-hybridized carbons (Fsp3) is 0.476. The lowest BCUT2D eigenvalue weighted by molar-refractivity contribution is -0.142. The molecule has 1 aliphatic heterocycles. The Kier molecular flexibility index (Phi) is 6.83. The van der Waals surface area contributed by atoms with Gasteiger partial charge in [0.1, 0.15) is 11.6 Å². The molecule has 1 atom stereocenters. The van der Waals surface area contributed by atoms with E-state index in [1.807, 2.05) is 6.07 Å². The largest absolute Gasteiger partial charge is 0.481 e. The molecule has 0 spiro atoms. The first-order chi connectivity index (χ1) is 13.1. The molecule has 1 amide bonds. The fourth-order valence-corrected chi connectivity index (χ4v) is 2.98. The summed E-state index contributed by atoms with van der Waals surface area (Å²) in [5.74, 6) is -0.264. The van der Waals surface area contributed by atoms with Crippen LogP contribution in [0.15, 0.2) is 30.5 Å². The number of hydrogen-bond donors (Lipinski definition) is 1. The maximum absolute atomic E-state index is 11.6. The number of pyridine rings is 1. The number of nitrogens with zero attached hydrogens (tertiary/aromatic N) is 2. The van der Waals surface area contributed by atoms with E-state index in [1.54, 1.807) is 34.1 Å². The maximum atomic E-state index is 11.6. The molecule has 7 nitrogen and oxygen atoms in total. The predicted octanol–water partition coefficient (Wildman–Crippen LogP) is 4.02. The lowest BCUT2D eigenvalue weighted by Crippen LogP contribution is -2.43. The van der Waals surface area contributed by atoms with Crippen LogP contribution in [0.4, 0.5) is 4.79 Å². The monoisotopic (exact) mass is 388 g/mol. The highest BCUT2D eigenvalue weighted by atomic mass is 16.6. The molecular weight excluding hydrogens is 360 g/mol. The summed E-state index contributed by atoms with van der Waals surface area (Å²) in [7, 11) is 1.64. The lowest BCUT2D eigenvalue weighted by atomic mass is 10.1. The van der Waals surface area contributed by atoms with Crippen molar-refractivity contribution in [3.8, 4) is 5.88 Å². The Labute approximate surface area is 165 Å². The number of fused-ring (bicyclic) bond motifs is 1. The van der Waals surface area contributed by atoms with E-state index in [0.717, 1.165) is 17.2 Å². The van der Waals surface area contributed by atoms with Gasteiger partial charge in [-0.25, -0.2) is 14.6 Å². The van der Waals surface area contributed by atoms with Crippen LogP contribution in [0.3, 0.4) is 0 Å². The fourth-order valence-electron chi connectivity index (χ4n) is 2.98. The summed E-state index contributed by atoms with van der Waals surface area (Å²) in [5.41, 5.74) is 0.640. The van der Waals surface area contributed by atoms with Gasteiger partial charge < -0.3 is 14.6 Å². The second-order valence-electron chi connectivity index (χ2n) is 7.71. The second kappa shape index (κ2) is 8.91. The molecule has 2 heterocycles. The van der Waals surface area contributed by atoms with E-state index >= 15 is 0 Å². The number of benzene rings is 1. The number of carboxylic acids is 1. The van der Waals surface area contributed by atoms with Crippen molar-refractivity contribution in [3.63, 3.8) is 0 Å². The normalized spacial score (nSPS) is 16.3. The highest BCUT2D eigenvalue weighted by Gasteiger charge is 2.36. The maximum Gasteiger partial charge on any atom is 0.411 e. The summed E-state index contributed by atoms with van der Waals surface area (Å²) >= 11 is 0. The van der Waals surface area contributed by atoms with E-state index in [-0.39, 0.29) is 0 Å².